The van der Waals surface area contributed by atoms with E-state index in [1.807, 2.05) is 5.38 Å². The second kappa shape index (κ2) is 4.79. The number of β-amino-alcohol motifs (C(OH)–C–C–N with tert-alkyl or cyclic N) is 1. The number of aliphatic hydroxyl groups excluding tert-OH is 1. The van der Waals surface area contributed by atoms with Crippen molar-refractivity contribution < 1.29 is 5.11 Å². The first-order valence-electron chi connectivity index (χ1n) is 4.71. The van der Waals surface area contributed by atoms with E-state index in [1.54, 1.807) is 0 Å². The lowest BCUT2D eigenvalue weighted by Gasteiger charge is -2.19. The second-order valence-corrected chi connectivity index (χ2v) is 4.10. The van der Waals surface area contributed by atoms with Crippen LogP contribution in [0.4, 0.5) is 0 Å². The van der Waals surface area contributed by atoms with Crippen LogP contribution in [-0.4, -0.2) is 51.9 Å². The maximum atomic E-state index is 9.55. The minimum absolute atomic E-state index is 0.274. The number of rotatable bonds is 2. The molecule has 0 saturated carbocycles. The molecule has 1 fully saturated rings. The summed E-state index contributed by atoms with van der Waals surface area (Å²) in [5.41, 5.74) is 0.990. The van der Waals surface area contributed by atoms with Gasteiger partial charge in [0, 0.05) is 38.1 Å². The molecular formula is C8H14N4OS. The largest absolute Gasteiger partial charge is 0.390 e. The van der Waals surface area contributed by atoms with Crippen molar-refractivity contribution in [2.75, 3.05) is 26.2 Å². The molecule has 0 radical (unpaired) electrons. The van der Waals surface area contributed by atoms with Crippen molar-refractivity contribution in [2.45, 2.75) is 12.6 Å². The van der Waals surface area contributed by atoms with E-state index in [1.165, 1.54) is 11.5 Å². The summed E-state index contributed by atoms with van der Waals surface area (Å²) in [4.78, 5) is 2.20. The molecule has 2 rings (SSSR count). The van der Waals surface area contributed by atoms with Gasteiger partial charge in [0.1, 0.15) is 0 Å². The van der Waals surface area contributed by atoms with Gasteiger partial charge in [-0.1, -0.05) is 4.49 Å². The number of aromatic nitrogens is 2. The van der Waals surface area contributed by atoms with E-state index in [2.05, 4.69) is 19.8 Å². The Morgan fingerprint density at radius 2 is 2.64 bits per heavy atom. The van der Waals surface area contributed by atoms with E-state index in [9.17, 15) is 5.11 Å². The van der Waals surface area contributed by atoms with Crippen LogP contribution in [0.25, 0.3) is 0 Å². The van der Waals surface area contributed by atoms with Gasteiger partial charge < -0.3 is 10.4 Å². The predicted octanol–water partition coefficient (Wildman–Crippen LogP) is -0.696. The van der Waals surface area contributed by atoms with Gasteiger partial charge in [-0.3, -0.25) is 4.90 Å². The van der Waals surface area contributed by atoms with Crippen molar-refractivity contribution in [3.05, 3.63) is 11.1 Å². The fourth-order valence-corrected chi connectivity index (χ4v) is 2.03. The third-order valence-electron chi connectivity index (χ3n) is 2.24. The highest BCUT2D eigenvalue weighted by atomic mass is 32.1. The van der Waals surface area contributed by atoms with Gasteiger partial charge in [0.2, 0.25) is 0 Å². The first-order valence-corrected chi connectivity index (χ1v) is 5.55. The van der Waals surface area contributed by atoms with E-state index in [0.717, 1.165) is 25.3 Å². The quantitative estimate of drug-likeness (QED) is 0.682. The Balaban J connectivity index is 1.90. The van der Waals surface area contributed by atoms with Crippen molar-refractivity contribution in [1.29, 1.82) is 0 Å². The zero-order chi connectivity index (χ0) is 9.80. The van der Waals surface area contributed by atoms with Gasteiger partial charge in [-0.2, -0.15) is 0 Å². The van der Waals surface area contributed by atoms with E-state index < -0.39 is 0 Å². The molecule has 0 aliphatic carbocycles. The summed E-state index contributed by atoms with van der Waals surface area (Å²) < 4.78 is 3.82. The average molecular weight is 214 g/mol. The lowest BCUT2D eigenvalue weighted by atomic mass is 10.3. The van der Waals surface area contributed by atoms with Gasteiger partial charge >= 0.3 is 0 Å². The zero-order valence-electron chi connectivity index (χ0n) is 7.89. The van der Waals surface area contributed by atoms with Gasteiger partial charge in [0.15, 0.2) is 0 Å². The Labute approximate surface area is 86.9 Å². The summed E-state index contributed by atoms with van der Waals surface area (Å²) in [5, 5.41) is 18.7. The van der Waals surface area contributed by atoms with Crippen LogP contribution in [0.15, 0.2) is 5.38 Å². The van der Waals surface area contributed by atoms with Crippen molar-refractivity contribution in [2.24, 2.45) is 0 Å². The number of hydrogen-bond acceptors (Lipinski definition) is 6. The monoisotopic (exact) mass is 214 g/mol. The third kappa shape index (κ3) is 2.71. The van der Waals surface area contributed by atoms with Gasteiger partial charge in [0.05, 0.1) is 11.8 Å². The van der Waals surface area contributed by atoms with Crippen LogP contribution < -0.4 is 5.32 Å². The topological polar surface area (TPSA) is 61.3 Å². The van der Waals surface area contributed by atoms with Crippen LogP contribution in [-0.2, 0) is 6.54 Å². The molecule has 1 aliphatic rings. The van der Waals surface area contributed by atoms with Gasteiger partial charge in [-0.15, -0.1) is 5.10 Å². The SMILES string of the molecule is OC1CNCCN(Cc2csnn2)C1. The van der Waals surface area contributed by atoms with Crippen LogP contribution in [0.1, 0.15) is 5.69 Å². The van der Waals surface area contributed by atoms with Crippen molar-refractivity contribution in [3.63, 3.8) is 0 Å². The van der Waals surface area contributed by atoms with Crippen molar-refractivity contribution in [3.8, 4) is 0 Å². The first-order chi connectivity index (χ1) is 6.84. The molecule has 1 aromatic rings. The van der Waals surface area contributed by atoms with Crippen LogP contribution in [0.2, 0.25) is 0 Å². The highest BCUT2D eigenvalue weighted by molar-refractivity contribution is 7.03. The minimum Gasteiger partial charge on any atom is -0.390 e. The molecule has 1 aliphatic heterocycles. The molecule has 0 amide bonds. The third-order valence-corrected chi connectivity index (χ3v) is 2.80. The molecule has 0 aromatic carbocycles. The fourth-order valence-electron chi connectivity index (χ4n) is 1.59. The summed E-state index contributed by atoms with van der Waals surface area (Å²) >= 11 is 1.37. The highest BCUT2D eigenvalue weighted by Gasteiger charge is 2.16. The minimum atomic E-state index is -0.274. The first kappa shape index (κ1) is 9.97. The molecule has 78 valence electrons. The van der Waals surface area contributed by atoms with Crippen LogP contribution in [0, 0.1) is 0 Å². The van der Waals surface area contributed by atoms with Crippen LogP contribution >= 0.6 is 11.5 Å². The molecule has 2 N–H and O–H groups in total. The molecule has 1 saturated heterocycles. The van der Waals surface area contributed by atoms with E-state index in [-0.39, 0.29) is 6.10 Å². The maximum absolute atomic E-state index is 9.55. The number of aliphatic hydroxyl groups is 1. The summed E-state index contributed by atoms with van der Waals surface area (Å²) in [6.07, 6.45) is -0.274. The standard InChI is InChI=1S/C8H14N4OS/c13-8-3-9-1-2-12(5-8)4-7-6-14-11-10-7/h6,8-9,13H,1-5H2. The molecule has 0 spiro atoms. The summed E-state index contributed by atoms with van der Waals surface area (Å²) in [7, 11) is 0. The summed E-state index contributed by atoms with van der Waals surface area (Å²) in [5.74, 6) is 0. The summed E-state index contributed by atoms with van der Waals surface area (Å²) in [6.45, 7) is 4.06. The molecule has 2 heterocycles. The van der Waals surface area contributed by atoms with Crippen molar-refractivity contribution >= 4 is 11.5 Å². The Morgan fingerprint density at radius 1 is 1.71 bits per heavy atom. The van der Waals surface area contributed by atoms with Gasteiger partial charge in [0.25, 0.3) is 0 Å². The van der Waals surface area contributed by atoms with Crippen molar-refractivity contribution in [1.82, 2.24) is 19.8 Å². The number of nitrogens with zero attached hydrogens (tertiary/aromatic N) is 3. The van der Waals surface area contributed by atoms with E-state index >= 15 is 0 Å². The maximum Gasteiger partial charge on any atom is 0.0895 e. The second-order valence-electron chi connectivity index (χ2n) is 3.49. The molecule has 1 aromatic heterocycles. The van der Waals surface area contributed by atoms with E-state index in [0.29, 0.717) is 13.1 Å². The molecule has 14 heavy (non-hydrogen) atoms. The molecule has 5 nitrogen and oxygen atoms in total. The zero-order valence-corrected chi connectivity index (χ0v) is 8.70. The van der Waals surface area contributed by atoms with Crippen LogP contribution in [0.3, 0.4) is 0 Å². The Bertz CT molecular complexity index is 266. The fraction of sp³-hybridized carbons (Fsp3) is 0.750. The molecule has 0 bridgehead atoms. The highest BCUT2D eigenvalue weighted by Crippen LogP contribution is 2.04. The molecule has 6 heteroatoms. The average Bonchev–Trinajstić information content (AvgIpc) is 2.56. The number of nitrogens with one attached hydrogen (secondary N) is 1. The molecule has 1 atom stereocenters. The Hall–Kier alpha value is -0.560. The lowest BCUT2D eigenvalue weighted by molar-refractivity contribution is 0.126. The molecule has 1 unspecified atom stereocenters. The van der Waals surface area contributed by atoms with Crippen LogP contribution in [0.5, 0.6) is 0 Å². The Kier molecular flexibility index (Phi) is 3.41. The predicted molar refractivity (Wildman–Crippen MR) is 54.1 cm³/mol. The van der Waals surface area contributed by atoms with E-state index in [4.69, 9.17) is 0 Å². The summed E-state index contributed by atoms with van der Waals surface area (Å²) in [6, 6.07) is 0. The number of hydrogen-bond donors (Lipinski definition) is 2. The normalized spacial score (nSPS) is 24.8. The van der Waals surface area contributed by atoms with Gasteiger partial charge in [-0.05, 0) is 11.5 Å². The lowest BCUT2D eigenvalue weighted by Crippen LogP contribution is -2.32. The molecular weight excluding hydrogens is 200 g/mol. The van der Waals surface area contributed by atoms with Gasteiger partial charge in [-0.25, -0.2) is 0 Å². The Morgan fingerprint density at radius 3 is 3.43 bits per heavy atom. The smallest absolute Gasteiger partial charge is 0.0895 e.